The Balaban J connectivity index is 1.88. The summed E-state index contributed by atoms with van der Waals surface area (Å²) in [5, 5.41) is 11.2. The van der Waals surface area contributed by atoms with Crippen LogP contribution in [0.3, 0.4) is 0 Å². The molecule has 0 atom stereocenters. The molecule has 1 aliphatic carbocycles. The summed E-state index contributed by atoms with van der Waals surface area (Å²) in [7, 11) is 0. The van der Waals surface area contributed by atoms with Gasteiger partial charge in [0, 0.05) is 17.5 Å². The number of fused-ring (bicyclic) bond motifs is 4. The van der Waals surface area contributed by atoms with Crippen molar-refractivity contribution in [1.29, 1.82) is 0 Å². The normalized spacial score (nSPS) is 18.3. The maximum atomic E-state index is 12.4. The van der Waals surface area contributed by atoms with Crippen LogP contribution in [0.25, 0.3) is 11.0 Å². The van der Waals surface area contributed by atoms with Crippen molar-refractivity contribution in [2.75, 3.05) is 11.9 Å². The van der Waals surface area contributed by atoms with Gasteiger partial charge in [-0.25, -0.2) is 0 Å². The van der Waals surface area contributed by atoms with Gasteiger partial charge in [-0.1, -0.05) is 44.4 Å². The zero-order valence-electron chi connectivity index (χ0n) is 15.0. The van der Waals surface area contributed by atoms with E-state index in [9.17, 15) is 4.79 Å². The van der Waals surface area contributed by atoms with Gasteiger partial charge in [0.25, 0.3) is 5.91 Å². The standard InChI is InChI=1S/C20H24ClN3O2/c1-3-9-22-19(25)15-11-13-10-14(21)17-16(18(13)26-15)20(24-12(2)23-17)7-5-4-6-8-20/h10-11,23-24H,2-9H2,1H3,(H,22,25). The molecule has 2 aliphatic rings. The van der Waals surface area contributed by atoms with Crippen LogP contribution in [0.5, 0.6) is 0 Å². The van der Waals surface area contributed by atoms with Gasteiger partial charge in [-0.3, -0.25) is 4.79 Å². The monoisotopic (exact) mass is 373 g/mol. The number of benzene rings is 1. The Labute approximate surface area is 158 Å². The summed E-state index contributed by atoms with van der Waals surface area (Å²) in [6.07, 6.45) is 6.37. The molecule has 0 unspecified atom stereocenters. The van der Waals surface area contributed by atoms with Gasteiger partial charge in [-0.15, -0.1) is 0 Å². The summed E-state index contributed by atoms with van der Waals surface area (Å²) < 4.78 is 6.06. The third-order valence-corrected chi connectivity index (χ3v) is 5.67. The molecule has 4 rings (SSSR count). The van der Waals surface area contributed by atoms with Crippen LogP contribution < -0.4 is 16.0 Å². The molecule has 3 N–H and O–H groups in total. The Hall–Kier alpha value is -2.14. The Kier molecular flexibility index (Phi) is 4.35. The van der Waals surface area contributed by atoms with Crippen molar-refractivity contribution in [1.82, 2.24) is 10.6 Å². The lowest BCUT2D eigenvalue weighted by Crippen LogP contribution is -2.48. The number of nitrogens with one attached hydrogen (secondary N) is 3. The van der Waals surface area contributed by atoms with Gasteiger partial charge in [-0.05, 0) is 31.4 Å². The number of carbonyl (C=O) groups excluding carboxylic acids is 1. The predicted molar refractivity (Wildman–Crippen MR) is 105 cm³/mol. The highest BCUT2D eigenvalue weighted by molar-refractivity contribution is 6.34. The summed E-state index contributed by atoms with van der Waals surface area (Å²) in [5.74, 6) is 0.896. The Morgan fingerprint density at radius 2 is 2.12 bits per heavy atom. The summed E-state index contributed by atoms with van der Waals surface area (Å²) in [6.45, 7) is 6.72. The summed E-state index contributed by atoms with van der Waals surface area (Å²) in [6, 6.07) is 3.64. The zero-order chi connectivity index (χ0) is 18.3. The number of hydrogen-bond acceptors (Lipinski definition) is 4. The van der Waals surface area contributed by atoms with Crippen molar-refractivity contribution in [3.8, 4) is 0 Å². The molecule has 0 bridgehead atoms. The van der Waals surface area contributed by atoms with Gasteiger partial charge in [0.05, 0.1) is 22.1 Å². The lowest BCUT2D eigenvalue weighted by atomic mass is 9.74. The number of halogens is 1. The molecule has 0 saturated heterocycles. The van der Waals surface area contributed by atoms with Crippen LogP contribution in [0, 0.1) is 0 Å². The molecule has 0 radical (unpaired) electrons. The highest BCUT2D eigenvalue weighted by Gasteiger charge is 2.42. The van der Waals surface area contributed by atoms with E-state index >= 15 is 0 Å². The van der Waals surface area contributed by atoms with E-state index in [2.05, 4.69) is 22.5 Å². The molecule has 1 spiro atoms. The number of carbonyl (C=O) groups is 1. The van der Waals surface area contributed by atoms with Crippen LogP contribution in [-0.4, -0.2) is 12.5 Å². The van der Waals surface area contributed by atoms with Crippen molar-refractivity contribution < 1.29 is 9.21 Å². The molecule has 5 nitrogen and oxygen atoms in total. The fraction of sp³-hybridized carbons (Fsp3) is 0.450. The van der Waals surface area contributed by atoms with Crippen LogP contribution >= 0.6 is 11.6 Å². The van der Waals surface area contributed by atoms with E-state index in [0.717, 1.165) is 60.1 Å². The fourth-order valence-corrected chi connectivity index (χ4v) is 4.49. The largest absolute Gasteiger partial charge is 0.450 e. The van der Waals surface area contributed by atoms with Gasteiger partial charge in [0.1, 0.15) is 5.58 Å². The Morgan fingerprint density at radius 1 is 1.35 bits per heavy atom. The minimum Gasteiger partial charge on any atom is -0.450 e. The Morgan fingerprint density at radius 3 is 2.85 bits per heavy atom. The van der Waals surface area contributed by atoms with Crippen molar-refractivity contribution in [2.24, 2.45) is 0 Å². The van der Waals surface area contributed by atoms with Crippen molar-refractivity contribution in [2.45, 2.75) is 51.0 Å². The SMILES string of the molecule is C=C1Nc2c(Cl)cc3cc(C(=O)NCCC)oc3c2C2(CCCCC2)N1. The molecular weight excluding hydrogens is 350 g/mol. The maximum Gasteiger partial charge on any atom is 0.287 e. The summed E-state index contributed by atoms with van der Waals surface area (Å²) >= 11 is 6.59. The van der Waals surface area contributed by atoms with E-state index in [1.807, 2.05) is 13.0 Å². The van der Waals surface area contributed by atoms with Crippen LogP contribution in [0.1, 0.15) is 61.6 Å². The number of anilines is 1. The van der Waals surface area contributed by atoms with Gasteiger partial charge < -0.3 is 20.4 Å². The van der Waals surface area contributed by atoms with E-state index in [4.69, 9.17) is 16.0 Å². The highest BCUT2D eigenvalue weighted by atomic mass is 35.5. The first-order valence-corrected chi connectivity index (χ1v) is 9.71. The van der Waals surface area contributed by atoms with Crippen LogP contribution in [0.15, 0.2) is 28.9 Å². The Bertz CT molecular complexity index is 881. The molecule has 2 heterocycles. The molecule has 26 heavy (non-hydrogen) atoms. The van der Waals surface area contributed by atoms with Crippen molar-refractivity contribution in [3.63, 3.8) is 0 Å². The minimum atomic E-state index is -0.242. The zero-order valence-corrected chi connectivity index (χ0v) is 15.8. The molecule has 1 aliphatic heterocycles. The maximum absolute atomic E-state index is 12.4. The number of rotatable bonds is 3. The first-order chi connectivity index (χ1) is 12.5. The summed E-state index contributed by atoms with van der Waals surface area (Å²) in [5.41, 5.74) is 2.37. The predicted octanol–water partition coefficient (Wildman–Crippen LogP) is 4.87. The van der Waals surface area contributed by atoms with Crippen LogP contribution in [-0.2, 0) is 5.54 Å². The van der Waals surface area contributed by atoms with Crippen LogP contribution in [0.2, 0.25) is 5.02 Å². The first kappa shape index (κ1) is 17.3. The highest BCUT2D eigenvalue weighted by Crippen LogP contribution is 2.49. The average molecular weight is 374 g/mol. The lowest BCUT2D eigenvalue weighted by molar-refractivity contribution is 0.0928. The van der Waals surface area contributed by atoms with Crippen molar-refractivity contribution in [3.05, 3.63) is 40.9 Å². The molecule has 2 aromatic rings. The van der Waals surface area contributed by atoms with Crippen LogP contribution in [0.4, 0.5) is 5.69 Å². The smallest absolute Gasteiger partial charge is 0.287 e. The van der Waals surface area contributed by atoms with Crippen molar-refractivity contribution >= 4 is 34.2 Å². The van der Waals surface area contributed by atoms with E-state index in [0.29, 0.717) is 17.3 Å². The molecule has 1 fully saturated rings. The topological polar surface area (TPSA) is 66.3 Å². The quantitative estimate of drug-likeness (QED) is 0.717. The van der Waals surface area contributed by atoms with Gasteiger partial charge >= 0.3 is 0 Å². The molecule has 1 amide bonds. The number of furan rings is 1. The van der Waals surface area contributed by atoms with Gasteiger partial charge in [-0.2, -0.15) is 0 Å². The summed E-state index contributed by atoms with van der Waals surface area (Å²) in [4.78, 5) is 12.4. The van der Waals surface area contributed by atoms with E-state index < -0.39 is 0 Å². The molecule has 138 valence electrons. The van der Waals surface area contributed by atoms with Gasteiger partial charge in [0.2, 0.25) is 0 Å². The molecule has 1 aromatic carbocycles. The second-order valence-electron chi connectivity index (χ2n) is 7.26. The molecular formula is C20H24ClN3O2. The molecule has 1 aromatic heterocycles. The number of hydrogen-bond donors (Lipinski definition) is 3. The number of amides is 1. The van der Waals surface area contributed by atoms with E-state index in [1.165, 1.54) is 6.42 Å². The third-order valence-electron chi connectivity index (χ3n) is 5.37. The van der Waals surface area contributed by atoms with E-state index in [1.54, 1.807) is 6.07 Å². The lowest BCUT2D eigenvalue weighted by Gasteiger charge is -2.44. The second kappa shape index (κ2) is 6.54. The minimum absolute atomic E-state index is 0.188. The average Bonchev–Trinajstić information content (AvgIpc) is 3.03. The first-order valence-electron chi connectivity index (χ1n) is 9.33. The molecule has 6 heteroatoms. The van der Waals surface area contributed by atoms with Gasteiger partial charge in [0.15, 0.2) is 5.76 Å². The molecule has 1 saturated carbocycles. The van der Waals surface area contributed by atoms with E-state index in [-0.39, 0.29) is 11.4 Å². The third kappa shape index (κ3) is 2.75. The second-order valence-corrected chi connectivity index (χ2v) is 7.67. The fourth-order valence-electron chi connectivity index (χ4n) is 4.23.